The molecule has 1 aliphatic rings. The number of anilines is 1. The zero-order chi connectivity index (χ0) is 23.5. The Bertz CT molecular complexity index is 1020. The van der Waals surface area contributed by atoms with Crippen LogP contribution >= 0.6 is 0 Å². The average molecular weight is 463 g/mol. The van der Waals surface area contributed by atoms with Gasteiger partial charge in [-0.3, -0.25) is 9.62 Å². The Morgan fingerprint density at radius 1 is 1.22 bits per heavy atom. The van der Waals surface area contributed by atoms with Crippen LogP contribution in [0.3, 0.4) is 0 Å². The Labute approximate surface area is 191 Å². The molecule has 2 unspecified atom stereocenters. The number of nitrogens with zero attached hydrogens (tertiary/aromatic N) is 1. The second-order valence-corrected chi connectivity index (χ2v) is 11.1. The van der Waals surface area contributed by atoms with Gasteiger partial charge < -0.3 is 14.6 Å². The molecule has 176 valence electrons. The number of aryl methyl sites for hydroxylation is 2. The van der Waals surface area contributed by atoms with Gasteiger partial charge in [-0.15, -0.1) is 0 Å². The first-order chi connectivity index (χ1) is 15.0. The molecule has 3 rings (SSSR count). The van der Waals surface area contributed by atoms with E-state index >= 15 is 0 Å². The van der Waals surface area contributed by atoms with Crippen molar-refractivity contribution in [3.63, 3.8) is 0 Å². The highest BCUT2D eigenvalue weighted by atomic mass is 32.2. The first-order valence-electron chi connectivity index (χ1n) is 10.9. The normalized spacial score (nSPS) is 21.5. The van der Waals surface area contributed by atoms with Crippen molar-refractivity contribution in [1.29, 1.82) is 0 Å². The zero-order valence-corrected chi connectivity index (χ0v) is 20.3. The molecular formula is C24H34N2O5S. The number of sulfonamides is 1. The number of hydrogen-bond donors (Lipinski definition) is 2. The largest absolute Gasteiger partial charge is 0.492 e. The SMILES string of the molecule is Cc1ccc(N(CC(C)C)S(=O)(=O)c2ccc(OCC3(C)COCC(O)N3)cc2)c(C)c1. The van der Waals surface area contributed by atoms with Crippen LogP contribution < -0.4 is 14.4 Å². The van der Waals surface area contributed by atoms with E-state index in [9.17, 15) is 13.5 Å². The molecular weight excluding hydrogens is 428 g/mol. The number of morpholine rings is 1. The van der Waals surface area contributed by atoms with E-state index in [0.29, 0.717) is 24.6 Å². The number of hydrogen-bond acceptors (Lipinski definition) is 6. The fourth-order valence-corrected chi connectivity index (χ4v) is 5.48. The van der Waals surface area contributed by atoms with Gasteiger partial charge >= 0.3 is 0 Å². The molecule has 0 aromatic heterocycles. The van der Waals surface area contributed by atoms with Gasteiger partial charge in [-0.1, -0.05) is 31.5 Å². The Morgan fingerprint density at radius 2 is 1.91 bits per heavy atom. The Morgan fingerprint density at radius 3 is 2.50 bits per heavy atom. The van der Waals surface area contributed by atoms with Crippen molar-refractivity contribution in [3.05, 3.63) is 53.6 Å². The molecule has 0 radical (unpaired) electrons. The second-order valence-electron chi connectivity index (χ2n) is 9.22. The van der Waals surface area contributed by atoms with E-state index < -0.39 is 21.8 Å². The lowest BCUT2D eigenvalue weighted by atomic mass is 10.0. The van der Waals surface area contributed by atoms with Gasteiger partial charge in [0.2, 0.25) is 0 Å². The van der Waals surface area contributed by atoms with Crippen LogP contribution in [0.2, 0.25) is 0 Å². The lowest BCUT2D eigenvalue weighted by molar-refractivity contribution is -0.0791. The lowest BCUT2D eigenvalue weighted by Crippen LogP contribution is -2.60. The first-order valence-corrected chi connectivity index (χ1v) is 12.3. The summed E-state index contributed by atoms with van der Waals surface area (Å²) in [5.41, 5.74) is 2.18. The van der Waals surface area contributed by atoms with Gasteiger partial charge in [0.25, 0.3) is 10.0 Å². The molecule has 7 nitrogen and oxygen atoms in total. The lowest BCUT2D eigenvalue weighted by Gasteiger charge is -2.37. The number of aliphatic hydroxyl groups is 1. The van der Waals surface area contributed by atoms with E-state index in [-0.39, 0.29) is 24.0 Å². The van der Waals surface area contributed by atoms with Crippen LogP contribution in [0.25, 0.3) is 0 Å². The highest BCUT2D eigenvalue weighted by molar-refractivity contribution is 7.92. The number of aliphatic hydroxyl groups excluding tert-OH is 1. The summed E-state index contributed by atoms with van der Waals surface area (Å²) in [6.45, 7) is 11.2. The average Bonchev–Trinajstić information content (AvgIpc) is 2.71. The van der Waals surface area contributed by atoms with Crippen LogP contribution in [0.4, 0.5) is 5.69 Å². The van der Waals surface area contributed by atoms with Crippen molar-refractivity contribution in [2.24, 2.45) is 5.92 Å². The molecule has 0 saturated carbocycles. The third-order valence-corrected chi connectivity index (χ3v) is 7.13. The van der Waals surface area contributed by atoms with Gasteiger partial charge in [-0.2, -0.15) is 0 Å². The monoisotopic (exact) mass is 462 g/mol. The quantitative estimate of drug-likeness (QED) is 0.626. The van der Waals surface area contributed by atoms with Gasteiger partial charge in [0.1, 0.15) is 18.6 Å². The van der Waals surface area contributed by atoms with Crippen molar-refractivity contribution in [2.45, 2.75) is 51.3 Å². The van der Waals surface area contributed by atoms with Crippen molar-refractivity contribution >= 4 is 15.7 Å². The topological polar surface area (TPSA) is 88.1 Å². The third kappa shape index (κ3) is 5.81. The van der Waals surface area contributed by atoms with Crippen LogP contribution in [0, 0.1) is 19.8 Å². The van der Waals surface area contributed by atoms with Crippen LogP contribution in [-0.2, 0) is 14.8 Å². The number of benzene rings is 2. The summed E-state index contributed by atoms with van der Waals surface area (Å²) >= 11 is 0. The van der Waals surface area contributed by atoms with Crippen molar-refractivity contribution < 1.29 is 23.0 Å². The van der Waals surface area contributed by atoms with E-state index in [0.717, 1.165) is 11.1 Å². The molecule has 1 fully saturated rings. The number of nitrogens with one attached hydrogen (secondary N) is 1. The van der Waals surface area contributed by atoms with Crippen molar-refractivity contribution in [1.82, 2.24) is 5.32 Å². The molecule has 2 aromatic carbocycles. The summed E-state index contributed by atoms with van der Waals surface area (Å²) in [6, 6.07) is 12.3. The van der Waals surface area contributed by atoms with E-state index in [4.69, 9.17) is 9.47 Å². The molecule has 1 heterocycles. The van der Waals surface area contributed by atoms with Crippen molar-refractivity contribution in [3.8, 4) is 5.75 Å². The van der Waals surface area contributed by atoms with E-state index in [1.807, 2.05) is 52.8 Å². The minimum atomic E-state index is -3.74. The van der Waals surface area contributed by atoms with Crippen LogP contribution in [-0.4, -0.2) is 51.7 Å². The summed E-state index contributed by atoms with van der Waals surface area (Å²) in [6.07, 6.45) is -0.734. The molecule has 0 spiro atoms. The number of rotatable bonds is 8. The zero-order valence-electron chi connectivity index (χ0n) is 19.5. The Balaban J connectivity index is 1.80. The van der Waals surface area contributed by atoms with Crippen LogP contribution in [0.15, 0.2) is 47.4 Å². The van der Waals surface area contributed by atoms with Crippen LogP contribution in [0.1, 0.15) is 31.9 Å². The minimum Gasteiger partial charge on any atom is -0.492 e. The predicted molar refractivity (Wildman–Crippen MR) is 126 cm³/mol. The van der Waals surface area contributed by atoms with E-state index in [1.54, 1.807) is 24.3 Å². The molecule has 1 aliphatic heterocycles. The van der Waals surface area contributed by atoms with Gasteiger partial charge in [-0.25, -0.2) is 8.42 Å². The van der Waals surface area contributed by atoms with Crippen LogP contribution in [0.5, 0.6) is 5.75 Å². The van der Waals surface area contributed by atoms with Gasteiger partial charge in [0.15, 0.2) is 0 Å². The Kier molecular flexibility index (Phi) is 7.50. The van der Waals surface area contributed by atoms with Crippen molar-refractivity contribution in [2.75, 3.05) is 30.7 Å². The smallest absolute Gasteiger partial charge is 0.264 e. The van der Waals surface area contributed by atoms with Gasteiger partial charge in [0, 0.05) is 6.54 Å². The fraction of sp³-hybridized carbons (Fsp3) is 0.500. The molecule has 0 amide bonds. The summed E-state index contributed by atoms with van der Waals surface area (Å²) in [5.74, 6) is 0.711. The summed E-state index contributed by atoms with van der Waals surface area (Å²) in [7, 11) is -3.74. The molecule has 1 saturated heterocycles. The first kappa shape index (κ1) is 24.5. The molecule has 2 aromatic rings. The molecule has 0 bridgehead atoms. The molecule has 2 N–H and O–H groups in total. The third-order valence-electron chi connectivity index (χ3n) is 5.33. The second kappa shape index (κ2) is 9.79. The van der Waals surface area contributed by atoms with E-state index in [2.05, 4.69) is 5.32 Å². The van der Waals surface area contributed by atoms with E-state index in [1.165, 1.54) is 4.31 Å². The maximum absolute atomic E-state index is 13.5. The maximum atomic E-state index is 13.5. The minimum absolute atomic E-state index is 0.161. The summed E-state index contributed by atoms with van der Waals surface area (Å²) in [4.78, 5) is 0.214. The predicted octanol–water partition coefficient (Wildman–Crippen LogP) is 3.23. The highest BCUT2D eigenvalue weighted by Gasteiger charge is 2.32. The number of ether oxygens (including phenoxy) is 2. The van der Waals surface area contributed by atoms with Gasteiger partial charge in [-0.05, 0) is 62.6 Å². The molecule has 8 heteroatoms. The molecule has 0 aliphatic carbocycles. The standard InChI is InChI=1S/C24H34N2O5S/c1-17(2)13-26(22-11-6-18(3)12-19(22)4)32(28,29)21-9-7-20(8-10-21)31-16-24(5)15-30-14-23(27)25-24/h6-12,17,23,25,27H,13-16H2,1-5H3. The summed E-state index contributed by atoms with van der Waals surface area (Å²) in [5, 5.41) is 12.8. The maximum Gasteiger partial charge on any atom is 0.264 e. The molecule has 32 heavy (non-hydrogen) atoms. The highest BCUT2D eigenvalue weighted by Crippen LogP contribution is 2.29. The summed E-state index contributed by atoms with van der Waals surface area (Å²) < 4.78 is 39.8. The fourth-order valence-electron chi connectivity index (χ4n) is 3.79. The Hall–Kier alpha value is -2.13. The molecule has 2 atom stereocenters. The van der Waals surface area contributed by atoms with Gasteiger partial charge in [0.05, 0.1) is 29.3 Å².